The van der Waals surface area contributed by atoms with Crippen LogP contribution in [-0.2, 0) is 24.8 Å². The van der Waals surface area contributed by atoms with E-state index in [0.29, 0.717) is 23.5 Å². The Kier molecular flexibility index (Phi) is 6.86. The zero-order chi connectivity index (χ0) is 23.7. The van der Waals surface area contributed by atoms with E-state index >= 15 is 0 Å². The number of halogens is 2. The number of rotatable bonds is 7. The van der Waals surface area contributed by atoms with Crippen molar-refractivity contribution in [1.82, 2.24) is 4.31 Å². The van der Waals surface area contributed by atoms with Gasteiger partial charge >= 0.3 is 0 Å². The van der Waals surface area contributed by atoms with Gasteiger partial charge in [-0.3, -0.25) is 9.10 Å². The highest BCUT2D eigenvalue weighted by molar-refractivity contribution is 7.92. The Hall–Kier alpha value is -2.57. The second kappa shape index (κ2) is 9.12. The van der Waals surface area contributed by atoms with Gasteiger partial charge in [-0.25, -0.2) is 25.6 Å². The number of hydrogen-bond acceptors (Lipinski definition) is 5. The summed E-state index contributed by atoms with van der Waals surface area (Å²) in [7, 11) is -7.63. The fourth-order valence-corrected chi connectivity index (χ4v) is 6.15. The maximum absolute atomic E-state index is 13.6. The molecular formula is C20H23F2N3O5S2. The van der Waals surface area contributed by atoms with Crippen LogP contribution in [0.3, 0.4) is 0 Å². The number of hydrogen-bond donors (Lipinski definition) is 1. The Labute approximate surface area is 185 Å². The third kappa shape index (κ3) is 5.08. The molecule has 8 nitrogen and oxygen atoms in total. The molecule has 1 aliphatic rings. The molecule has 0 aliphatic carbocycles. The zero-order valence-electron chi connectivity index (χ0n) is 17.5. The summed E-state index contributed by atoms with van der Waals surface area (Å²) < 4.78 is 78.7. The molecule has 1 heterocycles. The highest BCUT2D eigenvalue weighted by Crippen LogP contribution is 2.25. The molecule has 0 spiro atoms. The number of amides is 1. The van der Waals surface area contributed by atoms with Crippen LogP contribution in [0.4, 0.5) is 20.2 Å². The normalized spacial score (nSPS) is 16.0. The van der Waals surface area contributed by atoms with Crippen molar-refractivity contribution in [3.8, 4) is 0 Å². The largest absolute Gasteiger partial charge is 0.324 e. The molecule has 1 amide bonds. The molecule has 1 saturated heterocycles. The number of nitrogens with zero attached hydrogens (tertiary/aromatic N) is 2. The lowest BCUT2D eigenvalue weighted by atomic mass is 10.2. The maximum Gasteiger partial charge on any atom is 0.247 e. The van der Waals surface area contributed by atoms with Gasteiger partial charge in [0.15, 0.2) is 11.6 Å². The third-order valence-electron chi connectivity index (χ3n) is 5.07. The van der Waals surface area contributed by atoms with Crippen LogP contribution in [0.5, 0.6) is 0 Å². The number of benzene rings is 2. The molecule has 174 valence electrons. The van der Waals surface area contributed by atoms with E-state index in [0.717, 1.165) is 31.2 Å². The number of sulfonamides is 2. The van der Waals surface area contributed by atoms with Crippen molar-refractivity contribution in [3.63, 3.8) is 0 Å². The van der Waals surface area contributed by atoms with E-state index in [4.69, 9.17) is 0 Å². The quantitative estimate of drug-likeness (QED) is 0.647. The van der Waals surface area contributed by atoms with Gasteiger partial charge in [0.1, 0.15) is 6.04 Å². The van der Waals surface area contributed by atoms with Crippen LogP contribution in [0.15, 0.2) is 47.4 Å². The van der Waals surface area contributed by atoms with Gasteiger partial charge in [-0.1, -0.05) is 0 Å². The predicted octanol–water partition coefficient (Wildman–Crippen LogP) is 2.54. The van der Waals surface area contributed by atoms with Crippen molar-refractivity contribution in [2.45, 2.75) is 30.7 Å². The zero-order valence-corrected chi connectivity index (χ0v) is 19.1. The number of anilines is 2. The van der Waals surface area contributed by atoms with E-state index in [1.54, 1.807) is 0 Å². The highest BCUT2D eigenvalue weighted by atomic mass is 32.2. The minimum Gasteiger partial charge on any atom is -0.324 e. The second-order valence-corrected chi connectivity index (χ2v) is 11.3. The van der Waals surface area contributed by atoms with Gasteiger partial charge in [0.05, 0.1) is 16.8 Å². The lowest BCUT2D eigenvalue weighted by Crippen LogP contribution is -2.45. The number of nitrogens with one attached hydrogen (secondary N) is 1. The fraction of sp³-hybridized carbons (Fsp3) is 0.350. The Bertz CT molecular complexity index is 1210. The van der Waals surface area contributed by atoms with Gasteiger partial charge in [-0.05, 0) is 56.2 Å². The van der Waals surface area contributed by atoms with Crippen LogP contribution in [-0.4, -0.2) is 52.4 Å². The first-order valence-electron chi connectivity index (χ1n) is 9.77. The van der Waals surface area contributed by atoms with Gasteiger partial charge in [0, 0.05) is 24.8 Å². The summed E-state index contributed by atoms with van der Waals surface area (Å²) in [6.07, 6.45) is 2.45. The van der Waals surface area contributed by atoms with Crippen molar-refractivity contribution in [2.75, 3.05) is 29.0 Å². The van der Waals surface area contributed by atoms with Crippen molar-refractivity contribution in [3.05, 3.63) is 54.1 Å². The molecule has 2 aromatic carbocycles. The van der Waals surface area contributed by atoms with Crippen LogP contribution in [0.2, 0.25) is 0 Å². The van der Waals surface area contributed by atoms with Crippen molar-refractivity contribution < 1.29 is 30.4 Å². The molecule has 0 aromatic heterocycles. The molecule has 1 N–H and O–H groups in total. The Morgan fingerprint density at radius 3 is 2.12 bits per heavy atom. The van der Waals surface area contributed by atoms with E-state index in [9.17, 15) is 30.4 Å². The molecule has 32 heavy (non-hydrogen) atoms. The molecule has 1 atom stereocenters. The molecule has 0 bridgehead atoms. The van der Waals surface area contributed by atoms with Crippen LogP contribution in [0.1, 0.15) is 19.8 Å². The molecule has 12 heteroatoms. The molecule has 0 saturated carbocycles. The average molecular weight is 488 g/mol. The molecule has 0 radical (unpaired) electrons. The lowest BCUT2D eigenvalue weighted by molar-refractivity contribution is -0.116. The van der Waals surface area contributed by atoms with Crippen LogP contribution in [0, 0.1) is 11.6 Å². The van der Waals surface area contributed by atoms with Gasteiger partial charge in [0.2, 0.25) is 26.0 Å². The number of carbonyl (C=O) groups is 1. The second-order valence-electron chi connectivity index (χ2n) is 7.46. The summed E-state index contributed by atoms with van der Waals surface area (Å²) in [5.41, 5.74) is 0.0436. The van der Waals surface area contributed by atoms with Crippen molar-refractivity contribution in [1.29, 1.82) is 0 Å². The Morgan fingerprint density at radius 2 is 1.59 bits per heavy atom. The number of carbonyl (C=O) groups excluding carboxylic acids is 1. The smallest absolute Gasteiger partial charge is 0.247 e. The summed E-state index contributed by atoms with van der Waals surface area (Å²) in [5.74, 6) is -3.14. The first kappa shape index (κ1) is 24.1. The van der Waals surface area contributed by atoms with Crippen LogP contribution in [0.25, 0.3) is 0 Å². The van der Waals surface area contributed by atoms with E-state index in [1.165, 1.54) is 35.5 Å². The predicted molar refractivity (Wildman–Crippen MR) is 116 cm³/mol. The minimum atomic E-state index is -4.02. The summed E-state index contributed by atoms with van der Waals surface area (Å²) in [6.45, 7) is 2.22. The summed E-state index contributed by atoms with van der Waals surface area (Å²) in [5, 5.41) is 2.52. The highest BCUT2D eigenvalue weighted by Gasteiger charge is 2.30. The summed E-state index contributed by atoms with van der Waals surface area (Å²) >= 11 is 0. The monoisotopic (exact) mass is 487 g/mol. The van der Waals surface area contributed by atoms with Crippen molar-refractivity contribution >= 4 is 37.3 Å². The lowest BCUT2D eigenvalue weighted by Gasteiger charge is -2.28. The Morgan fingerprint density at radius 1 is 1.00 bits per heavy atom. The van der Waals surface area contributed by atoms with Crippen LogP contribution >= 0.6 is 0 Å². The fourth-order valence-electron chi connectivity index (χ4n) is 3.47. The van der Waals surface area contributed by atoms with E-state index < -0.39 is 43.6 Å². The molecule has 3 rings (SSSR count). The Balaban J connectivity index is 1.79. The molecule has 0 unspecified atom stereocenters. The van der Waals surface area contributed by atoms with E-state index in [-0.39, 0.29) is 16.3 Å². The standard InChI is InChI=1S/C20H23F2N3O5S2/c1-14(25(31(2,27)28)16-7-10-18(21)19(22)13-16)20(26)23-15-5-8-17(9-6-15)32(29,30)24-11-3-4-12-24/h5-10,13-14H,3-4,11-12H2,1-2H3,(H,23,26)/t14-/m1/s1. The molecule has 1 fully saturated rings. The third-order valence-corrected chi connectivity index (χ3v) is 8.23. The SMILES string of the molecule is C[C@H](C(=O)Nc1ccc(S(=O)(=O)N2CCCC2)cc1)N(c1ccc(F)c(F)c1)S(C)(=O)=O. The van der Waals surface area contributed by atoms with Crippen LogP contribution < -0.4 is 9.62 Å². The summed E-state index contributed by atoms with van der Waals surface area (Å²) in [4.78, 5) is 12.8. The summed E-state index contributed by atoms with van der Waals surface area (Å²) in [6, 6.07) is 6.73. The van der Waals surface area contributed by atoms with Gasteiger partial charge in [-0.15, -0.1) is 0 Å². The van der Waals surface area contributed by atoms with Crippen molar-refractivity contribution in [2.24, 2.45) is 0 Å². The van der Waals surface area contributed by atoms with E-state index in [2.05, 4.69) is 5.32 Å². The first-order valence-corrected chi connectivity index (χ1v) is 13.1. The maximum atomic E-state index is 13.6. The average Bonchev–Trinajstić information content (AvgIpc) is 3.26. The topological polar surface area (TPSA) is 104 Å². The minimum absolute atomic E-state index is 0.0880. The van der Waals surface area contributed by atoms with Gasteiger partial charge < -0.3 is 5.32 Å². The molecular weight excluding hydrogens is 464 g/mol. The molecule has 2 aromatic rings. The van der Waals surface area contributed by atoms with Gasteiger partial charge in [0.25, 0.3) is 0 Å². The first-order chi connectivity index (χ1) is 14.9. The molecule has 1 aliphatic heterocycles. The van der Waals surface area contributed by atoms with E-state index in [1.807, 2.05) is 0 Å². The van der Waals surface area contributed by atoms with Gasteiger partial charge in [-0.2, -0.15) is 4.31 Å².